The highest BCUT2D eigenvalue weighted by molar-refractivity contribution is 6.15. The van der Waals surface area contributed by atoms with Gasteiger partial charge in [0.2, 0.25) is 0 Å². The summed E-state index contributed by atoms with van der Waals surface area (Å²) in [6.07, 6.45) is 7.97. The lowest BCUT2D eigenvalue weighted by molar-refractivity contribution is 0.524. The predicted molar refractivity (Wildman–Crippen MR) is 87.7 cm³/mol. The van der Waals surface area contributed by atoms with E-state index < -0.39 is 0 Å². The minimum atomic E-state index is 0.512. The Hall–Kier alpha value is -3.16. The highest BCUT2D eigenvalue weighted by atomic mass is 15.9. The van der Waals surface area contributed by atoms with E-state index >= 15 is 0 Å². The van der Waals surface area contributed by atoms with Crippen molar-refractivity contribution in [3.63, 3.8) is 0 Å². The molecule has 8 nitrogen and oxygen atoms in total. The average molecular weight is 318 g/mol. The summed E-state index contributed by atoms with van der Waals surface area (Å²) in [5.41, 5.74) is 3.35. The van der Waals surface area contributed by atoms with Crippen LogP contribution < -0.4 is 10.1 Å². The minimum absolute atomic E-state index is 0.512. The smallest absolute Gasteiger partial charge is 0.162 e. The molecule has 0 atom stereocenters. The van der Waals surface area contributed by atoms with Crippen LogP contribution in [0.25, 0.3) is 5.69 Å². The van der Waals surface area contributed by atoms with Crippen molar-refractivity contribution < 1.29 is 0 Å². The third-order valence-corrected chi connectivity index (χ3v) is 4.79. The van der Waals surface area contributed by atoms with Crippen molar-refractivity contribution in [3.05, 3.63) is 54.2 Å². The van der Waals surface area contributed by atoms with Crippen LogP contribution in [0.4, 0.5) is 5.82 Å². The van der Waals surface area contributed by atoms with Gasteiger partial charge in [-0.15, -0.1) is 9.89 Å². The lowest BCUT2D eigenvalue weighted by Crippen LogP contribution is -2.52. The topological polar surface area (TPSA) is 67.4 Å². The van der Waals surface area contributed by atoms with E-state index in [-0.39, 0.29) is 0 Å². The first-order chi connectivity index (χ1) is 11.9. The third-order valence-electron chi connectivity index (χ3n) is 4.79. The Labute approximate surface area is 137 Å². The molecule has 0 radical (unpaired) electrons. The number of anilines is 1. The molecule has 1 saturated carbocycles. The molecule has 3 aliphatic rings. The molecule has 0 saturated heterocycles. The molecule has 1 aliphatic carbocycles. The van der Waals surface area contributed by atoms with Crippen molar-refractivity contribution in [2.45, 2.75) is 18.8 Å². The monoisotopic (exact) mass is 318 g/mol. The molecule has 118 valence electrons. The van der Waals surface area contributed by atoms with Gasteiger partial charge in [0.1, 0.15) is 6.33 Å². The summed E-state index contributed by atoms with van der Waals surface area (Å²) in [7, 11) is 0. The van der Waals surface area contributed by atoms with Gasteiger partial charge in [0.05, 0.1) is 23.8 Å². The lowest BCUT2D eigenvalue weighted by atomic mass is 10.1. The molecule has 0 N–H and O–H groups in total. The molecular weight excluding hydrogens is 304 g/mol. The Morgan fingerprint density at radius 2 is 2.00 bits per heavy atom. The Kier molecular flexibility index (Phi) is 2.16. The lowest BCUT2D eigenvalue weighted by Gasteiger charge is -2.35. The van der Waals surface area contributed by atoms with Gasteiger partial charge in [-0.25, -0.2) is 9.98 Å². The number of para-hydroxylation sites is 1. The molecule has 4 heterocycles. The molecule has 2 aromatic heterocycles. The maximum atomic E-state index is 4.77. The van der Waals surface area contributed by atoms with Gasteiger partial charge in [-0.1, -0.05) is 12.1 Å². The molecular formula is C16H14N8. The van der Waals surface area contributed by atoms with Crippen molar-refractivity contribution in [1.29, 1.82) is 0 Å². The maximum Gasteiger partial charge on any atom is 0.162 e. The molecule has 0 bridgehead atoms. The van der Waals surface area contributed by atoms with Crippen LogP contribution in [0.3, 0.4) is 0 Å². The molecule has 2 aliphatic heterocycles. The number of nitrogens with zero attached hydrogens (tertiary/aromatic N) is 8. The van der Waals surface area contributed by atoms with Gasteiger partial charge < -0.3 is 0 Å². The van der Waals surface area contributed by atoms with E-state index in [2.05, 4.69) is 37.0 Å². The molecule has 0 amide bonds. The second-order valence-electron chi connectivity index (χ2n) is 6.27. The number of imidazole rings is 1. The standard InChI is InChI=1S/C16H14N8/c1-2-4-13-12(3-1)16-18-10-22(23(16)15-8-17-9-21(13)15)24-14(7-19-20-24)11-5-6-11/h1-4,7-9,11H,5-6,10H2. The van der Waals surface area contributed by atoms with Gasteiger partial charge in [0, 0.05) is 11.5 Å². The van der Waals surface area contributed by atoms with Gasteiger partial charge >= 0.3 is 0 Å². The Morgan fingerprint density at radius 3 is 2.92 bits per heavy atom. The first-order valence-corrected chi connectivity index (χ1v) is 8.07. The van der Waals surface area contributed by atoms with E-state index in [0.717, 1.165) is 28.6 Å². The Balaban J connectivity index is 1.53. The second kappa shape index (κ2) is 4.22. The fourth-order valence-electron chi connectivity index (χ4n) is 3.51. The Bertz CT molecular complexity index is 979. The number of aromatic nitrogens is 5. The molecule has 3 aromatic rings. The van der Waals surface area contributed by atoms with Crippen LogP contribution in [-0.4, -0.2) is 37.2 Å². The zero-order valence-corrected chi connectivity index (χ0v) is 12.8. The summed E-state index contributed by atoms with van der Waals surface area (Å²) in [6, 6.07) is 8.26. The number of hydrazine groups is 1. The quantitative estimate of drug-likeness (QED) is 0.715. The van der Waals surface area contributed by atoms with E-state index in [0.29, 0.717) is 12.6 Å². The molecule has 0 unspecified atom stereocenters. The fraction of sp³-hybridized carbons (Fsp3) is 0.250. The van der Waals surface area contributed by atoms with Gasteiger partial charge in [0.25, 0.3) is 0 Å². The molecule has 6 rings (SSSR count). The van der Waals surface area contributed by atoms with Crippen LogP contribution in [0.1, 0.15) is 30.0 Å². The zero-order chi connectivity index (χ0) is 15.7. The minimum Gasteiger partial charge on any atom is -0.283 e. The van der Waals surface area contributed by atoms with Crippen molar-refractivity contribution in [2.75, 3.05) is 16.8 Å². The van der Waals surface area contributed by atoms with Crippen LogP contribution in [0.5, 0.6) is 0 Å². The van der Waals surface area contributed by atoms with Gasteiger partial charge in [0.15, 0.2) is 18.3 Å². The van der Waals surface area contributed by atoms with Crippen molar-refractivity contribution >= 4 is 11.7 Å². The number of hydrogen-bond acceptors (Lipinski definition) is 6. The zero-order valence-electron chi connectivity index (χ0n) is 12.8. The first kappa shape index (κ1) is 12.3. The average Bonchev–Trinajstić information content (AvgIpc) is 3.05. The van der Waals surface area contributed by atoms with Gasteiger partial charge in [-0.05, 0) is 30.2 Å². The summed E-state index contributed by atoms with van der Waals surface area (Å²) in [5.74, 6) is 2.45. The van der Waals surface area contributed by atoms with Gasteiger partial charge in [-0.3, -0.25) is 4.57 Å². The largest absolute Gasteiger partial charge is 0.283 e. The summed E-state index contributed by atoms with van der Waals surface area (Å²) in [6.45, 7) is 0.512. The normalized spacial score (nSPS) is 18.2. The number of rotatable bonds is 2. The van der Waals surface area contributed by atoms with E-state index in [1.54, 1.807) is 0 Å². The molecule has 24 heavy (non-hydrogen) atoms. The van der Waals surface area contributed by atoms with E-state index in [9.17, 15) is 0 Å². The number of fused-ring (bicyclic) bond motifs is 6. The van der Waals surface area contributed by atoms with Crippen LogP contribution in [0.15, 0.2) is 48.0 Å². The van der Waals surface area contributed by atoms with E-state index in [4.69, 9.17) is 4.99 Å². The SMILES string of the molecule is c1ccc2c(c1)C1=NCN(n3nncc3C3CC3)N1c1cncn1-2. The highest BCUT2D eigenvalue weighted by Gasteiger charge is 2.39. The number of benzene rings is 1. The van der Waals surface area contributed by atoms with Crippen LogP contribution in [-0.2, 0) is 0 Å². The van der Waals surface area contributed by atoms with E-state index in [1.807, 2.05) is 40.8 Å². The van der Waals surface area contributed by atoms with Crippen molar-refractivity contribution in [3.8, 4) is 5.69 Å². The van der Waals surface area contributed by atoms with Gasteiger partial charge in [-0.2, -0.15) is 10.1 Å². The van der Waals surface area contributed by atoms with Crippen molar-refractivity contribution in [2.24, 2.45) is 4.99 Å². The number of amidine groups is 1. The Morgan fingerprint density at radius 1 is 1.08 bits per heavy atom. The van der Waals surface area contributed by atoms with Crippen LogP contribution in [0, 0.1) is 0 Å². The summed E-state index contributed by atoms with van der Waals surface area (Å²) >= 11 is 0. The highest BCUT2D eigenvalue weighted by Crippen LogP contribution is 2.40. The predicted octanol–water partition coefficient (Wildman–Crippen LogP) is 1.43. The fourth-order valence-corrected chi connectivity index (χ4v) is 3.51. The van der Waals surface area contributed by atoms with E-state index in [1.165, 1.54) is 12.8 Å². The summed E-state index contributed by atoms with van der Waals surface area (Å²) < 4.78 is 2.08. The summed E-state index contributed by atoms with van der Waals surface area (Å²) in [5, 5.41) is 12.5. The number of hydrogen-bond donors (Lipinski definition) is 0. The number of aliphatic imine (C=N–C) groups is 1. The molecule has 8 heteroatoms. The van der Waals surface area contributed by atoms with Crippen molar-refractivity contribution in [1.82, 2.24) is 24.7 Å². The maximum absolute atomic E-state index is 4.77. The molecule has 1 aromatic carbocycles. The van der Waals surface area contributed by atoms with Crippen LogP contribution in [0.2, 0.25) is 0 Å². The summed E-state index contributed by atoms with van der Waals surface area (Å²) in [4.78, 5) is 11.0. The van der Waals surface area contributed by atoms with Crippen LogP contribution >= 0.6 is 0 Å². The first-order valence-electron chi connectivity index (χ1n) is 8.07. The second-order valence-corrected chi connectivity index (χ2v) is 6.27. The third kappa shape index (κ3) is 1.47. The molecule has 0 spiro atoms. The molecule has 1 fully saturated rings.